The Kier molecular flexibility index (Phi) is 4.61. The lowest BCUT2D eigenvalue weighted by Gasteiger charge is -2.34. The van der Waals surface area contributed by atoms with Crippen molar-refractivity contribution in [2.24, 2.45) is 0 Å². The molecule has 5 nitrogen and oxygen atoms in total. The quantitative estimate of drug-likeness (QED) is 0.908. The molecule has 1 aliphatic heterocycles. The van der Waals surface area contributed by atoms with Crippen LogP contribution in [0.1, 0.15) is 16.7 Å². The van der Waals surface area contributed by atoms with Crippen LogP contribution in [0.4, 0.5) is 10.5 Å². The van der Waals surface area contributed by atoms with Crippen molar-refractivity contribution in [2.45, 2.75) is 13.0 Å². The van der Waals surface area contributed by atoms with E-state index in [9.17, 15) is 4.79 Å². The standard InChI is InChI=1S/C15H16ClN3O2S/c1-10-9-22-14(17-10)13-8-21-7-6-19(13)15(20)18-12-4-2-11(16)3-5-12/h2-5,9,13H,6-8H2,1H3,(H,18,20). The number of ether oxygens (including phenoxy) is 1. The number of nitrogens with zero attached hydrogens (tertiary/aromatic N) is 2. The number of anilines is 1. The SMILES string of the molecule is Cc1csc(C2COCCN2C(=O)Nc2ccc(Cl)cc2)n1. The fraction of sp³-hybridized carbons (Fsp3) is 0.333. The van der Waals surface area contributed by atoms with E-state index in [1.807, 2.05) is 12.3 Å². The zero-order chi connectivity index (χ0) is 15.5. The smallest absolute Gasteiger partial charge is 0.322 e. The molecule has 0 bridgehead atoms. The van der Waals surface area contributed by atoms with Gasteiger partial charge in [-0.15, -0.1) is 11.3 Å². The van der Waals surface area contributed by atoms with E-state index >= 15 is 0 Å². The van der Waals surface area contributed by atoms with Gasteiger partial charge in [0, 0.05) is 28.3 Å². The van der Waals surface area contributed by atoms with E-state index in [-0.39, 0.29) is 12.1 Å². The van der Waals surface area contributed by atoms with Gasteiger partial charge in [0.2, 0.25) is 0 Å². The number of thiazole rings is 1. The van der Waals surface area contributed by atoms with Gasteiger partial charge in [0.05, 0.1) is 13.2 Å². The first-order chi connectivity index (χ1) is 10.6. The molecule has 0 radical (unpaired) electrons. The summed E-state index contributed by atoms with van der Waals surface area (Å²) in [6, 6.07) is 6.77. The third-order valence-electron chi connectivity index (χ3n) is 3.41. The largest absolute Gasteiger partial charge is 0.377 e. The van der Waals surface area contributed by atoms with Crippen LogP contribution in [-0.2, 0) is 4.74 Å². The molecule has 2 heterocycles. The highest BCUT2D eigenvalue weighted by atomic mass is 35.5. The Morgan fingerprint density at radius 3 is 2.91 bits per heavy atom. The van der Waals surface area contributed by atoms with E-state index < -0.39 is 0 Å². The van der Waals surface area contributed by atoms with E-state index in [0.717, 1.165) is 16.4 Å². The number of rotatable bonds is 2. The summed E-state index contributed by atoms with van der Waals surface area (Å²) in [7, 11) is 0. The van der Waals surface area contributed by atoms with Gasteiger partial charge in [0.25, 0.3) is 0 Å². The Morgan fingerprint density at radius 2 is 2.23 bits per heavy atom. The van der Waals surface area contributed by atoms with Gasteiger partial charge in [0.1, 0.15) is 11.0 Å². The van der Waals surface area contributed by atoms with Crippen molar-refractivity contribution in [1.29, 1.82) is 0 Å². The molecule has 0 saturated carbocycles. The first-order valence-corrected chi connectivity index (χ1v) is 8.22. The third kappa shape index (κ3) is 3.40. The summed E-state index contributed by atoms with van der Waals surface area (Å²) >= 11 is 7.41. The number of benzene rings is 1. The van der Waals surface area contributed by atoms with Gasteiger partial charge in [-0.3, -0.25) is 0 Å². The minimum absolute atomic E-state index is 0.139. The highest BCUT2D eigenvalue weighted by Gasteiger charge is 2.30. The molecule has 0 spiro atoms. The van der Waals surface area contributed by atoms with Crippen molar-refractivity contribution in [3.63, 3.8) is 0 Å². The van der Waals surface area contributed by atoms with Crippen LogP contribution in [0.25, 0.3) is 0 Å². The number of amides is 2. The zero-order valence-corrected chi connectivity index (χ0v) is 13.7. The number of hydrogen-bond acceptors (Lipinski definition) is 4. The maximum absolute atomic E-state index is 12.5. The van der Waals surface area contributed by atoms with Crippen molar-refractivity contribution in [3.05, 3.63) is 45.4 Å². The van der Waals surface area contributed by atoms with Gasteiger partial charge in [-0.05, 0) is 31.2 Å². The topological polar surface area (TPSA) is 54.5 Å². The van der Waals surface area contributed by atoms with Crippen LogP contribution in [0, 0.1) is 6.92 Å². The molecule has 22 heavy (non-hydrogen) atoms. The van der Waals surface area contributed by atoms with Crippen molar-refractivity contribution >= 4 is 34.7 Å². The van der Waals surface area contributed by atoms with Crippen LogP contribution in [0.15, 0.2) is 29.6 Å². The second-order valence-electron chi connectivity index (χ2n) is 5.05. The highest BCUT2D eigenvalue weighted by molar-refractivity contribution is 7.09. The lowest BCUT2D eigenvalue weighted by molar-refractivity contribution is 0.0147. The number of hydrogen-bond donors (Lipinski definition) is 1. The molecule has 2 aromatic rings. The molecule has 1 aliphatic rings. The third-order valence-corrected chi connectivity index (χ3v) is 4.72. The Labute approximate surface area is 137 Å². The number of halogens is 1. The van der Waals surface area contributed by atoms with E-state index in [4.69, 9.17) is 16.3 Å². The zero-order valence-electron chi connectivity index (χ0n) is 12.1. The van der Waals surface area contributed by atoms with E-state index in [1.54, 1.807) is 40.5 Å². The van der Waals surface area contributed by atoms with Gasteiger partial charge >= 0.3 is 6.03 Å². The average molecular weight is 338 g/mol. The predicted molar refractivity (Wildman–Crippen MR) is 87.6 cm³/mol. The van der Waals surface area contributed by atoms with Gasteiger partial charge < -0.3 is 15.0 Å². The van der Waals surface area contributed by atoms with Crippen LogP contribution in [0.5, 0.6) is 0 Å². The van der Waals surface area contributed by atoms with Crippen LogP contribution in [0.2, 0.25) is 5.02 Å². The minimum Gasteiger partial charge on any atom is -0.377 e. The lowest BCUT2D eigenvalue weighted by Crippen LogP contribution is -2.45. The summed E-state index contributed by atoms with van der Waals surface area (Å²) in [4.78, 5) is 18.8. The maximum atomic E-state index is 12.5. The highest BCUT2D eigenvalue weighted by Crippen LogP contribution is 2.27. The number of carbonyl (C=O) groups is 1. The monoisotopic (exact) mass is 337 g/mol. The number of urea groups is 1. The normalized spacial score (nSPS) is 18.3. The van der Waals surface area contributed by atoms with Crippen molar-refractivity contribution in [3.8, 4) is 0 Å². The molecule has 2 amide bonds. The average Bonchev–Trinajstić information content (AvgIpc) is 2.96. The first kappa shape index (κ1) is 15.3. The fourth-order valence-corrected chi connectivity index (χ4v) is 3.32. The number of carbonyl (C=O) groups excluding carboxylic acids is 1. The summed E-state index contributed by atoms with van der Waals surface area (Å²) in [5.74, 6) is 0. The Hall–Kier alpha value is -1.63. The molecule has 1 fully saturated rings. The molecule has 1 N–H and O–H groups in total. The minimum atomic E-state index is -0.150. The summed E-state index contributed by atoms with van der Waals surface area (Å²) in [5.41, 5.74) is 1.68. The molecule has 3 rings (SSSR count). The molecule has 7 heteroatoms. The molecule has 1 saturated heterocycles. The predicted octanol–water partition coefficient (Wildman–Crippen LogP) is 3.71. The summed E-state index contributed by atoms with van der Waals surface area (Å²) in [6.07, 6.45) is 0. The molecule has 116 valence electrons. The molecule has 1 atom stereocenters. The summed E-state index contributed by atoms with van der Waals surface area (Å²) in [5, 5.41) is 6.43. The number of morpholine rings is 1. The number of nitrogens with one attached hydrogen (secondary N) is 1. The van der Waals surface area contributed by atoms with Crippen molar-refractivity contribution in [1.82, 2.24) is 9.88 Å². The Morgan fingerprint density at radius 1 is 1.45 bits per heavy atom. The molecular formula is C15H16ClN3O2S. The van der Waals surface area contributed by atoms with Crippen LogP contribution >= 0.6 is 22.9 Å². The first-order valence-electron chi connectivity index (χ1n) is 6.96. The molecule has 1 aromatic heterocycles. The van der Waals surface area contributed by atoms with Gasteiger partial charge in [-0.1, -0.05) is 11.6 Å². The molecule has 1 aromatic carbocycles. The Balaban J connectivity index is 1.75. The second-order valence-corrected chi connectivity index (χ2v) is 6.37. The van der Waals surface area contributed by atoms with E-state index in [0.29, 0.717) is 24.8 Å². The van der Waals surface area contributed by atoms with Gasteiger partial charge in [-0.25, -0.2) is 9.78 Å². The fourth-order valence-electron chi connectivity index (χ4n) is 2.31. The van der Waals surface area contributed by atoms with Crippen LogP contribution in [-0.4, -0.2) is 35.7 Å². The molecular weight excluding hydrogens is 322 g/mol. The van der Waals surface area contributed by atoms with Gasteiger partial charge in [-0.2, -0.15) is 0 Å². The van der Waals surface area contributed by atoms with E-state index in [2.05, 4.69) is 10.3 Å². The van der Waals surface area contributed by atoms with Gasteiger partial charge in [0.15, 0.2) is 0 Å². The maximum Gasteiger partial charge on any atom is 0.322 e. The van der Waals surface area contributed by atoms with Crippen LogP contribution < -0.4 is 5.32 Å². The van der Waals surface area contributed by atoms with E-state index in [1.165, 1.54) is 0 Å². The second kappa shape index (κ2) is 6.64. The Bertz CT molecular complexity index is 659. The van der Waals surface area contributed by atoms with Crippen molar-refractivity contribution < 1.29 is 9.53 Å². The summed E-state index contributed by atoms with van der Waals surface area (Å²) < 4.78 is 5.52. The van der Waals surface area contributed by atoms with Crippen LogP contribution in [0.3, 0.4) is 0 Å². The number of aromatic nitrogens is 1. The lowest BCUT2D eigenvalue weighted by atomic mass is 10.2. The molecule has 0 aliphatic carbocycles. The van der Waals surface area contributed by atoms with Crippen molar-refractivity contribution in [2.75, 3.05) is 25.1 Å². The molecule has 1 unspecified atom stereocenters. The number of aryl methyl sites for hydroxylation is 1. The summed E-state index contributed by atoms with van der Waals surface area (Å²) in [6.45, 7) is 3.50.